The lowest BCUT2D eigenvalue weighted by Gasteiger charge is -2.36. The van der Waals surface area contributed by atoms with Crippen LogP contribution in [-0.2, 0) is 19.1 Å². The summed E-state index contributed by atoms with van der Waals surface area (Å²) in [5.41, 5.74) is 3.69. The van der Waals surface area contributed by atoms with Crippen molar-refractivity contribution >= 4 is 11.9 Å². The Kier molecular flexibility index (Phi) is 11.2. The molecule has 4 atom stereocenters. The average molecular weight is 633 g/mol. The van der Waals surface area contributed by atoms with Crippen LogP contribution in [0.3, 0.4) is 0 Å². The van der Waals surface area contributed by atoms with Gasteiger partial charge in [0.15, 0.2) is 0 Å². The molecule has 2 N–H and O–H groups in total. The summed E-state index contributed by atoms with van der Waals surface area (Å²) in [4.78, 5) is 21.1. The third kappa shape index (κ3) is 8.19. The van der Waals surface area contributed by atoms with Crippen LogP contribution in [0.1, 0.15) is 108 Å². The van der Waals surface area contributed by atoms with Crippen molar-refractivity contribution < 1.29 is 29.3 Å². The average Bonchev–Trinajstić information content (AvgIpc) is 3.76. The second-order valence-corrected chi connectivity index (χ2v) is 15.3. The molecule has 2 aliphatic carbocycles. The number of ether oxygens (including phenoxy) is 2. The number of aliphatic carboxylic acids is 2. The summed E-state index contributed by atoms with van der Waals surface area (Å²) in [5, 5.41) is 17.4. The third-order valence-electron chi connectivity index (χ3n) is 10.5. The van der Waals surface area contributed by atoms with Crippen LogP contribution in [-0.4, -0.2) is 44.6 Å². The van der Waals surface area contributed by atoms with E-state index in [-0.39, 0.29) is 33.2 Å². The van der Waals surface area contributed by atoms with Crippen molar-refractivity contribution in [2.45, 2.75) is 130 Å². The number of carboxylic acid groups (broad SMARTS) is 2. The zero-order valence-electron chi connectivity index (χ0n) is 29.7. The molecule has 2 aliphatic heterocycles. The van der Waals surface area contributed by atoms with Crippen molar-refractivity contribution in [3.63, 3.8) is 0 Å². The van der Waals surface area contributed by atoms with Crippen LogP contribution < -0.4 is 0 Å². The van der Waals surface area contributed by atoms with Gasteiger partial charge in [-0.3, -0.25) is 0 Å². The number of fused-ring (bicyclic) bond motifs is 2. The maximum absolute atomic E-state index is 10.6. The molecule has 0 aromatic carbocycles. The molecule has 0 spiro atoms. The Morgan fingerprint density at radius 1 is 0.543 bits per heavy atom. The molecule has 4 fully saturated rings. The summed E-state index contributed by atoms with van der Waals surface area (Å²) in [5.74, 6) is -1.84. The predicted molar refractivity (Wildman–Crippen MR) is 187 cm³/mol. The summed E-state index contributed by atoms with van der Waals surface area (Å²) in [6.07, 6.45) is 29.5. The van der Waals surface area contributed by atoms with Crippen LogP contribution in [0, 0.1) is 10.8 Å². The molecule has 6 nitrogen and oxygen atoms in total. The van der Waals surface area contributed by atoms with Gasteiger partial charge in [0, 0.05) is 23.0 Å². The highest BCUT2D eigenvalue weighted by atomic mass is 16.6. The number of hydrogen-bond acceptors (Lipinski definition) is 4. The molecular weight excluding hydrogens is 576 g/mol. The first kappa shape index (κ1) is 37.2. The highest BCUT2D eigenvalue weighted by Gasteiger charge is 2.73. The molecule has 4 aliphatic rings. The zero-order valence-corrected chi connectivity index (χ0v) is 29.7. The van der Waals surface area contributed by atoms with E-state index in [1.807, 2.05) is 38.2 Å². The Morgan fingerprint density at radius 3 is 1.20 bits per heavy atom. The standard InChI is InChI=1S/2C20H28O3/c2*1-15(8-6-9-16(2)14-17(21)22)10-13-20-18(3,4)11-7-12-19(20,5)23-20/h2*6,8-10,13-14H,7,11-12H2,1-5H3,(H,21,22)/b2*9-6+,13-10+,15-8+,16-14-/t2*19-,20+/m10/s1. The van der Waals surface area contributed by atoms with Crippen molar-refractivity contribution in [1.82, 2.24) is 0 Å². The molecule has 0 aromatic rings. The first-order valence-electron chi connectivity index (χ1n) is 16.6. The van der Waals surface area contributed by atoms with Gasteiger partial charge in [0.1, 0.15) is 11.2 Å². The van der Waals surface area contributed by atoms with Gasteiger partial charge in [0.2, 0.25) is 0 Å². The number of rotatable bonds is 10. The van der Waals surface area contributed by atoms with Crippen molar-refractivity contribution in [3.05, 3.63) is 95.2 Å². The molecule has 2 saturated carbocycles. The Balaban J connectivity index is 0.000000250. The van der Waals surface area contributed by atoms with Crippen LogP contribution in [0.15, 0.2) is 95.2 Å². The fourth-order valence-corrected chi connectivity index (χ4v) is 7.62. The molecule has 0 amide bonds. The minimum Gasteiger partial charge on any atom is -0.478 e. The van der Waals surface area contributed by atoms with Gasteiger partial charge < -0.3 is 19.7 Å². The van der Waals surface area contributed by atoms with E-state index in [4.69, 9.17) is 19.7 Å². The maximum Gasteiger partial charge on any atom is 0.328 e. The molecule has 0 unspecified atom stereocenters. The SMILES string of the molecule is CC(=C/C(=O)O)/C=C/C=C(C)/C=C/[C@@]12O[C@]1(C)CCCC2(C)C.CC(=C/C(=O)O)/C=C/C=C(C)/C=C/[C@]12O[C@@]1(C)CCCC2(C)C. The monoisotopic (exact) mass is 632 g/mol. The quantitative estimate of drug-likeness (QED) is 0.141. The second-order valence-electron chi connectivity index (χ2n) is 15.3. The highest BCUT2D eigenvalue weighted by Crippen LogP contribution is 2.67. The van der Waals surface area contributed by atoms with Crippen LogP contribution in [0.4, 0.5) is 0 Å². The summed E-state index contributed by atoms with van der Waals surface area (Å²) in [6.45, 7) is 21.2. The zero-order chi connectivity index (χ0) is 34.6. The minimum absolute atomic E-state index is 0.0117. The van der Waals surface area contributed by atoms with E-state index in [1.54, 1.807) is 26.0 Å². The maximum atomic E-state index is 10.6. The van der Waals surface area contributed by atoms with Crippen LogP contribution in [0.25, 0.3) is 0 Å². The Labute approximate surface area is 277 Å². The van der Waals surface area contributed by atoms with Gasteiger partial charge in [-0.1, -0.05) is 87.4 Å². The Bertz CT molecular complexity index is 1320. The number of allylic oxidation sites excluding steroid dienone is 12. The summed E-state index contributed by atoms with van der Waals surface area (Å²) in [6, 6.07) is 0. The Hall–Kier alpha value is -3.22. The van der Waals surface area contributed by atoms with Gasteiger partial charge >= 0.3 is 11.9 Å². The second kappa shape index (κ2) is 13.9. The van der Waals surface area contributed by atoms with E-state index in [1.165, 1.54) is 37.8 Å². The number of carbonyl (C=O) groups is 2. The van der Waals surface area contributed by atoms with E-state index in [2.05, 4.69) is 65.8 Å². The van der Waals surface area contributed by atoms with Crippen LogP contribution in [0.5, 0.6) is 0 Å². The van der Waals surface area contributed by atoms with E-state index in [0.29, 0.717) is 0 Å². The number of epoxide rings is 2. The fourth-order valence-electron chi connectivity index (χ4n) is 7.62. The first-order valence-corrected chi connectivity index (χ1v) is 16.6. The molecule has 0 radical (unpaired) electrons. The molecule has 2 saturated heterocycles. The summed E-state index contributed by atoms with van der Waals surface area (Å²) in [7, 11) is 0. The first-order chi connectivity index (χ1) is 21.2. The van der Waals surface area contributed by atoms with Crippen molar-refractivity contribution in [3.8, 4) is 0 Å². The van der Waals surface area contributed by atoms with Gasteiger partial charge in [0.25, 0.3) is 0 Å². The molecular formula is C40H56O6. The lowest BCUT2D eigenvalue weighted by molar-refractivity contribution is -0.132. The largest absolute Gasteiger partial charge is 0.478 e. The highest BCUT2D eigenvalue weighted by molar-refractivity contribution is 5.81. The number of carboxylic acids is 2. The predicted octanol–water partition coefficient (Wildman–Crippen LogP) is 9.63. The topological polar surface area (TPSA) is 99.7 Å². The molecule has 0 aromatic heterocycles. The van der Waals surface area contributed by atoms with Crippen molar-refractivity contribution in [2.75, 3.05) is 0 Å². The summed E-state index contributed by atoms with van der Waals surface area (Å²) < 4.78 is 12.4. The molecule has 2 heterocycles. The van der Waals surface area contributed by atoms with E-state index >= 15 is 0 Å². The smallest absolute Gasteiger partial charge is 0.328 e. The minimum atomic E-state index is -0.920. The molecule has 252 valence electrons. The van der Waals surface area contributed by atoms with E-state index in [9.17, 15) is 9.59 Å². The molecule has 0 bridgehead atoms. The fraction of sp³-hybridized carbons (Fsp3) is 0.550. The number of hydrogen-bond donors (Lipinski definition) is 2. The van der Waals surface area contributed by atoms with Gasteiger partial charge in [0.05, 0.1) is 11.2 Å². The summed E-state index contributed by atoms with van der Waals surface area (Å²) >= 11 is 0. The molecule has 4 rings (SSSR count). The van der Waals surface area contributed by atoms with Crippen LogP contribution >= 0.6 is 0 Å². The van der Waals surface area contributed by atoms with Gasteiger partial charge in [-0.2, -0.15) is 0 Å². The lowest BCUT2D eigenvalue weighted by Crippen LogP contribution is -2.41. The third-order valence-corrected chi connectivity index (χ3v) is 10.5. The lowest BCUT2D eigenvalue weighted by atomic mass is 9.64. The van der Waals surface area contributed by atoms with Gasteiger partial charge in [-0.15, -0.1) is 0 Å². The van der Waals surface area contributed by atoms with E-state index in [0.717, 1.165) is 35.1 Å². The van der Waals surface area contributed by atoms with Crippen molar-refractivity contribution in [2.24, 2.45) is 10.8 Å². The Morgan fingerprint density at radius 2 is 0.891 bits per heavy atom. The molecule has 46 heavy (non-hydrogen) atoms. The van der Waals surface area contributed by atoms with Gasteiger partial charge in [-0.25, -0.2) is 9.59 Å². The van der Waals surface area contributed by atoms with Crippen LogP contribution in [0.2, 0.25) is 0 Å². The molecule has 6 heteroatoms. The normalized spacial score (nSPS) is 34.0. The van der Waals surface area contributed by atoms with Gasteiger partial charge in [-0.05, 0) is 103 Å². The van der Waals surface area contributed by atoms with E-state index < -0.39 is 11.9 Å². The van der Waals surface area contributed by atoms with Crippen molar-refractivity contribution in [1.29, 1.82) is 0 Å².